The van der Waals surface area contributed by atoms with Gasteiger partial charge < -0.3 is 30.6 Å². The Morgan fingerprint density at radius 3 is 2.53 bits per heavy atom. The first-order valence-corrected chi connectivity index (χ1v) is 12.3. The van der Waals surface area contributed by atoms with Gasteiger partial charge in [0.25, 0.3) is 5.91 Å². The zero-order valence-electron chi connectivity index (χ0n) is 21.6. The summed E-state index contributed by atoms with van der Waals surface area (Å²) < 4.78 is 5.37. The third kappa shape index (κ3) is 6.84. The van der Waals surface area contributed by atoms with Crippen molar-refractivity contribution in [1.82, 2.24) is 25.8 Å². The first kappa shape index (κ1) is 27.2. The lowest BCUT2D eigenvalue weighted by Crippen LogP contribution is -2.53. The number of ketones is 1. The van der Waals surface area contributed by atoms with Crippen LogP contribution < -0.4 is 20.7 Å². The van der Waals surface area contributed by atoms with Crippen LogP contribution in [0.2, 0.25) is 0 Å². The number of nitrogens with zero attached hydrogens (tertiary/aromatic N) is 1. The van der Waals surface area contributed by atoms with Crippen molar-refractivity contribution in [1.29, 1.82) is 0 Å². The molecule has 2 aromatic rings. The summed E-state index contributed by atoms with van der Waals surface area (Å²) in [5.74, 6) is -0.737. The Kier molecular flexibility index (Phi) is 9.08. The third-order valence-electron chi connectivity index (χ3n) is 6.28. The Hall–Kier alpha value is -3.40. The highest BCUT2D eigenvalue weighted by Gasteiger charge is 2.33. The summed E-state index contributed by atoms with van der Waals surface area (Å²) in [6.45, 7) is 4.61. The van der Waals surface area contributed by atoms with Crippen LogP contribution in [0.4, 0.5) is 0 Å². The van der Waals surface area contributed by atoms with Crippen LogP contribution in [0.3, 0.4) is 0 Å². The van der Waals surface area contributed by atoms with Gasteiger partial charge in [0, 0.05) is 23.4 Å². The number of aromatic nitrogens is 1. The lowest BCUT2D eigenvalue weighted by Gasteiger charge is -2.25. The normalized spacial score (nSPS) is 17.2. The number of benzene rings is 1. The SMILES string of the molecule is COc1cccc2[nH]c(C(=O)N[C@@H](CC(C)C)C(=O)N[C@@H](C[C@@H]3CCNC3=O)C(=O)CN(C)C)cc12. The van der Waals surface area contributed by atoms with Gasteiger partial charge in [0.1, 0.15) is 17.5 Å². The largest absolute Gasteiger partial charge is 0.496 e. The molecule has 1 aliphatic heterocycles. The van der Waals surface area contributed by atoms with Crippen LogP contribution in [0.25, 0.3) is 10.9 Å². The molecule has 0 bridgehead atoms. The van der Waals surface area contributed by atoms with Gasteiger partial charge in [-0.2, -0.15) is 0 Å². The van der Waals surface area contributed by atoms with Crippen molar-refractivity contribution in [2.45, 2.75) is 45.2 Å². The summed E-state index contributed by atoms with van der Waals surface area (Å²) in [5.41, 5.74) is 1.05. The van der Waals surface area contributed by atoms with Gasteiger partial charge in [-0.15, -0.1) is 0 Å². The minimum absolute atomic E-state index is 0.104. The number of aromatic amines is 1. The maximum absolute atomic E-state index is 13.4. The van der Waals surface area contributed by atoms with Crippen molar-refractivity contribution in [2.75, 3.05) is 34.3 Å². The average Bonchev–Trinajstić information content (AvgIpc) is 3.43. The van der Waals surface area contributed by atoms with Crippen LogP contribution in [-0.2, 0) is 14.4 Å². The Balaban J connectivity index is 1.77. The van der Waals surface area contributed by atoms with Crippen molar-refractivity contribution in [3.63, 3.8) is 0 Å². The maximum Gasteiger partial charge on any atom is 0.268 e. The number of ether oxygens (including phenoxy) is 1. The summed E-state index contributed by atoms with van der Waals surface area (Å²) in [7, 11) is 5.11. The van der Waals surface area contributed by atoms with Crippen molar-refractivity contribution in [3.8, 4) is 5.75 Å². The fraction of sp³-hybridized carbons (Fsp3) is 0.538. The van der Waals surface area contributed by atoms with E-state index in [-0.39, 0.29) is 36.5 Å². The van der Waals surface area contributed by atoms with Crippen LogP contribution in [0.1, 0.15) is 43.6 Å². The molecule has 0 saturated carbocycles. The van der Waals surface area contributed by atoms with Crippen LogP contribution in [0.15, 0.2) is 24.3 Å². The number of carbonyl (C=O) groups is 4. The standard InChI is InChI=1S/C26H37N5O5/c1-15(2)11-20(30-26(35)21-13-17-18(28-21)7-6-8-23(17)36-5)25(34)29-19(22(32)14-31(3)4)12-16-9-10-27-24(16)33/h6-8,13,15-16,19-20,28H,9-12,14H2,1-5H3,(H,27,33)(H,29,34)(H,30,35)/t16-,19-,20-/m0/s1. The van der Waals surface area contributed by atoms with E-state index < -0.39 is 23.9 Å². The van der Waals surface area contributed by atoms with Crippen LogP contribution in [-0.4, -0.2) is 79.8 Å². The third-order valence-corrected chi connectivity index (χ3v) is 6.28. The van der Waals surface area contributed by atoms with E-state index in [1.165, 1.54) is 0 Å². The Morgan fingerprint density at radius 1 is 1.17 bits per heavy atom. The topological polar surface area (TPSA) is 133 Å². The molecule has 1 aliphatic rings. The lowest BCUT2D eigenvalue weighted by atomic mass is 9.94. The number of rotatable bonds is 12. The molecule has 0 spiro atoms. The molecule has 10 heteroatoms. The van der Waals surface area contributed by atoms with E-state index >= 15 is 0 Å². The fourth-order valence-corrected chi connectivity index (χ4v) is 4.49. The Labute approximate surface area is 211 Å². The molecule has 0 unspecified atom stereocenters. The Morgan fingerprint density at radius 2 is 1.92 bits per heavy atom. The molecular formula is C26H37N5O5. The number of hydrogen-bond acceptors (Lipinski definition) is 6. The monoisotopic (exact) mass is 499 g/mol. The lowest BCUT2D eigenvalue weighted by molar-refractivity contribution is -0.130. The molecule has 0 radical (unpaired) electrons. The average molecular weight is 500 g/mol. The quantitative estimate of drug-likeness (QED) is 0.350. The summed E-state index contributed by atoms with van der Waals surface area (Å²) in [6, 6.07) is 5.49. The summed E-state index contributed by atoms with van der Waals surface area (Å²) >= 11 is 0. The maximum atomic E-state index is 13.4. The minimum atomic E-state index is -0.849. The minimum Gasteiger partial charge on any atom is -0.496 e. The number of methoxy groups -OCH3 is 1. The van der Waals surface area contributed by atoms with Gasteiger partial charge in [-0.1, -0.05) is 19.9 Å². The molecule has 1 aromatic carbocycles. The van der Waals surface area contributed by atoms with Crippen LogP contribution >= 0.6 is 0 Å². The van der Waals surface area contributed by atoms with Gasteiger partial charge in [-0.05, 0) is 57.5 Å². The van der Waals surface area contributed by atoms with Gasteiger partial charge in [0.05, 0.1) is 19.7 Å². The van der Waals surface area contributed by atoms with Crippen LogP contribution in [0, 0.1) is 11.8 Å². The molecule has 10 nitrogen and oxygen atoms in total. The van der Waals surface area contributed by atoms with E-state index in [2.05, 4.69) is 20.9 Å². The second-order valence-corrected chi connectivity index (χ2v) is 10.0. The first-order valence-electron chi connectivity index (χ1n) is 12.3. The van der Waals surface area contributed by atoms with Gasteiger partial charge in [-0.3, -0.25) is 19.2 Å². The van der Waals surface area contributed by atoms with E-state index in [0.29, 0.717) is 30.8 Å². The number of H-pyrrole nitrogens is 1. The van der Waals surface area contributed by atoms with Gasteiger partial charge in [-0.25, -0.2) is 0 Å². The number of nitrogens with one attached hydrogen (secondary N) is 4. The molecule has 36 heavy (non-hydrogen) atoms. The molecule has 196 valence electrons. The summed E-state index contributed by atoms with van der Waals surface area (Å²) in [6.07, 6.45) is 1.24. The summed E-state index contributed by atoms with van der Waals surface area (Å²) in [4.78, 5) is 56.3. The molecule has 2 heterocycles. The number of amides is 3. The molecule has 3 rings (SSSR count). The predicted molar refractivity (Wildman–Crippen MR) is 137 cm³/mol. The predicted octanol–water partition coefficient (Wildman–Crippen LogP) is 1.46. The second-order valence-electron chi connectivity index (χ2n) is 10.0. The molecule has 4 N–H and O–H groups in total. The summed E-state index contributed by atoms with van der Waals surface area (Å²) in [5, 5.41) is 9.20. The zero-order chi connectivity index (χ0) is 26.4. The van der Waals surface area contributed by atoms with Crippen molar-refractivity contribution in [3.05, 3.63) is 30.0 Å². The highest BCUT2D eigenvalue weighted by molar-refractivity contribution is 6.02. The number of carbonyl (C=O) groups excluding carboxylic acids is 4. The van der Waals surface area contributed by atoms with E-state index in [1.807, 2.05) is 32.0 Å². The molecule has 3 amide bonds. The number of fused-ring (bicyclic) bond motifs is 1. The van der Waals surface area contributed by atoms with E-state index in [1.54, 1.807) is 32.2 Å². The number of likely N-dealkylation sites (N-methyl/N-ethyl adjacent to an activating group) is 1. The molecule has 1 saturated heterocycles. The van der Waals surface area contributed by atoms with Gasteiger partial charge in [0.15, 0.2) is 5.78 Å². The van der Waals surface area contributed by atoms with Gasteiger partial charge >= 0.3 is 0 Å². The highest BCUT2D eigenvalue weighted by Crippen LogP contribution is 2.26. The van der Waals surface area contributed by atoms with Crippen molar-refractivity contribution < 1.29 is 23.9 Å². The van der Waals surface area contributed by atoms with E-state index in [0.717, 1.165) is 10.9 Å². The molecule has 0 aliphatic carbocycles. The van der Waals surface area contributed by atoms with E-state index in [4.69, 9.17) is 4.74 Å². The second kappa shape index (κ2) is 12.0. The first-order chi connectivity index (χ1) is 17.1. The fourth-order valence-electron chi connectivity index (χ4n) is 4.49. The molecule has 3 atom stereocenters. The van der Waals surface area contributed by atoms with Gasteiger partial charge in [0.2, 0.25) is 11.8 Å². The zero-order valence-corrected chi connectivity index (χ0v) is 21.6. The number of Topliss-reactive ketones (excluding diaryl/α,β-unsaturated/α-hetero) is 1. The Bertz CT molecular complexity index is 1110. The van der Waals surface area contributed by atoms with Crippen LogP contribution in [0.5, 0.6) is 5.75 Å². The highest BCUT2D eigenvalue weighted by atomic mass is 16.5. The number of hydrogen-bond donors (Lipinski definition) is 4. The smallest absolute Gasteiger partial charge is 0.268 e. The molecule has 1 fully saturated rings. The van der Waals surface area contributed by atoms with Crippen molar-refractivity contribution >= 4 is 34.4 Å². The molecule has 1 aromatic heterocycles. The molecular weight excluding hydrogens is 462 g/mol. The van der Waals surface area contributed by atoms with Crippen molar-refractivity contribution in [2.24, 2.45) is 11.8 Å². The van der Waals surface area contributed by atoms with E-state index in [9.17, 15) is 19.2 Å².